The zero-order chi connectivity index (χ0) is 13.3. The van der Waals surface area contributed by atoms with Gasteiger partial charge in [-0.15, -0.1) is 21.8 Å². The van der Waals surface area contributed by atoms with Gasteiger partial charge in [0, 0.05) is 22.7 Å². The molecule has 5 nitrogen and oxygen atoms in total. The molecule has 2 aromatic rings. The second kappa shape index (κ2) is 5.17. The lowest BCUT2D eigenvalue weighted by atomic mass is 10.2. The Labute approximate surface area is 117 Å². The van der Waals surface area contributed by atoms with Gasteiger partial charge in [-0.1, -0.05) is 22.9 Å². The molecule has 1 unspecified atom stereocenters. The SMILES string of the molecule is CC(Cl)c1nnc(-c2cc(Cl)cc([N+](=O)[O-])c2)s1. The quantitative estimate of drug-likeness (QED) is 0.487. The molecule has 1 heterocycles. The van der Waals surface area contributed by atoms with Crippen LogP contribution >= 0.6 is 34.5 Å². The predicted molar refractivity (Wildman–Crippen MR) is 71.3 cm³/mol. The van der Waals surface area contributed by atoms with Crippen LogP contribution in [0.2, 0.25) is 5.02 Å². The van der Waals surface area contributed by atoms with Crippen LogP contribution in [0.1, 0.15) is 17.3 Å². The number of rotatable bonds is 3. The molecule has 0 fully saturated rings. The number of nitrogens with zero attached hydrogens (tertiary/aromatic N) is 3. The normalized spacial score (nSPS) is 12.4. The highest BCUT2D eigenvalue weighted by Gasteiger charge is 2.15. The Bertz CT molecular complexity index is 601. The lowest BCUT2D eigenvalue weighted by Gasteiger charge is -1.98. The van der Waals surface area contributed by atoms with Crippen molar-refractivity contribution in [2.24, 2.45) is 0 Å². The molecule has 0 aliphatic carbocycles. The number of nitro groups is 1. The molecule has 0 aliphatic rings. The van der Waals surface area contributed by atoms with E-state index in [0.717, 1.165) is 0 Å². The molecule has 0 aliphatic heterocycles. The van der Waals surface area contributed by atoms with Crippen LogP contribution in [0.3, 0.4) is 0 Å². The molecule has 2 rings (SSSR count). The number of aromatic nitrogens is 2. The zero-order valence-electron chi connectivity index (χ0n) is 9.13. The van der Waals surface area contributed by atoms with Gasteiger partial charge in [0.15, 0.2) is 0 Å². The first-order valence-electron chi connectivity index (χ1n) is 4.90. The van der Waals surface area contributed by atoms with Gasteiger partial charge < -0.3 is 0 Å². The smallest absolute Gasteiger partial charge is 0.258 e. The highest BCUT2D eigenvalue weighted by Crippen LogP contribution is 2.32. The summed E-state index contributed by atoms with van der Waals surface area (Å²) in [5.74, 6) is 0. The van der Waals surface area contributed by atoms with Gasteiger partial charge in [-0.2, -0.15) is 0 Å². The first-order valence-corrected chi connectivity index (χ1v) is 6.53. The van der Waals surface area contributed by atoms with Crippen LogP contribution < -0.4 is 0 Å². The van der Waals surface area contributed by atoms with Gasteiger partial charge in [0.2, 0.25) is 0 Å². The highest BCUT2D eigenvalue weighted by molar-refractivity contribution is 7.15. The van der Waals surface area contributed by atoms with Gasteiger partial charge in [-0.25, -0.2) is 0 Å². The summed E-state index contributed by atoms with van der Waals surface area (Å²) in [4.78, 5) is 10.2. The summed E-state index contributed by atoms with van der Waals surface area (Å²) in [6.45, 7) is 1.78. The van der Waals surface area contributed by atoms with E-state index in [1.807, 2.05) is 0 Å². The standard InChI is InChI=1S/C10H7Cl2N3O2S/c1-5(11)9-13-14-10(18-9)6-2-7(12)4-8(3-6)15(16)17/h2-5H,1H3. The Morgan fingerprint density at radius 2 is 2.11 bits per heavy atom. The Morgan fingerprint density at radius 3 is 2.67 bits per heavy atom. The van der Waals surface area contributed by atoms with E-state index in [1.165, 1.54) is 23.5 Å². The van der Waals surface area contributed by atoms with Crippen molar-refractivity contribution in [2.75, 3.05) is 0 Å². The summed E-state index contributed by atoms with van der Waals surface area (Å²) in [6, 6.07) is 4.31. The molecule has 1 aromatic carbocycles. The van der Waals surface area contributed by atoms with E-state index >= 15 is 0 Å². The molecule has 0 bridgehead atoms. The number of benzene rings is 1. The van der Waals surface area contributed by atoms with E-state index < -0.39 is 4.92 Å². The average molecular weight is 304 g/mol. The Kier molecular flexibility index (Phi) is 3.79. The molecule has 0 saturated carbocycles. The predicted octanol–water partition coefficient (Wildman–Crippen LogP) is 4.07. The summed E-state index contributed by atoms with van der Waals surface area (Å²) < 4.78 is 0. The van der Waals surface area contributed by atoms with E-state index in [4.69, 9.17) is 23.2 Å². The molecule has 0 spiro atoms. The van der Waals surface area contributed by atoms with Crippen molar-refractivity contribution in [2.45, 2.75) is 12.3 Å². The second-order valence-corrected chi connectivity index (χ2v) is 5.62. The van der Waals surface area contributed by atoms with Crippen molar-refractivity contribution in [1.82, 2.24) is 10.2 Å². The minimum atomic E-state index is -0.499. The number of halogens is 2. The molecule has 1 atom stereocenters. The average Bonchev–Trinajstić information content (AvgIpc) is 2.77. The van der Waals surface area contributed by atoms with Gasteiger partial charge in [-0.3, -0.25) is 10.1 Å². The van der Waals surface area contributed by atoms with Gasteiger partial charge in [0.05, 0.1) is 10.3 Å². The zero-order valence-corrected chi connectivity index (χ0v) is 11.5. The van der Waals surface area contributed by atoms with E-state index in [9.17, 15) is 10.1 Å². The molecule has 18 heavy (non-hydrogen) atoms. The van der Waals surface area contributed by atoms with E-state index in [0.29, 0.717) is 15.6 Å². The largest absolute Gasteiger partial charge is 0.271 e. The van der Waals surface area contributed by atoms with Crippen LogP contribution in [0.15, 0.2) is 18.2 Å². The number of alkyl halides is 1. The molecule has 94 valence electrons. The summed E-state index contributed by atoms with van der Waals surface area (Å²) in [5.41, 5.74) is 0.489. The van der Waals surface area contributed by atoms with Crippen molar-refractivity contribution in [1.29, 1.82) is 0 Å². The number of hydrogen-bond acceptors (Lipinski definition) is 5. The molecule has 0 saturated heterocycles. The minimum absolute atomic E-state index is 0.0758. The van der Waals surface area contributed by atoms with Crippen LogP contribution in [-0.4, -0.2) is 15.1 Å². The van der Waals surface area contributed by atoms with Crippen LogP contribution in [-0.2, 0) is 0 Å². The fourth-order valence-corrected chi connectivity index (χ4v) is 2.48. The highest BCUT2D eigenvalue weighted by atomic mass is 35.5. The maximum Gasteiger partial charge on any atom is 0.271 e. The monoisotopic (exact) mass is 303 g/mol. The minimum Gasteiger partial charge on any atom is -0.258 e. The molecule has 1 aromatic heterocycles. The van der Waals surface area contributed by atoms with Crippen LogP contribution in [0.5, 0.6) is 0 Å². The van der Waals surface area contributed by atoms with E-state index in [1.54, 1.807) is 13.0 Å². The third kappa shape index (κ3) is 2.77. The molecule has 0 N–H and O–H groups in total. The van der Waals surface area contributed by atoms with Gasteiger partial charge in [-0.05, 0) is 13.0 Å². The maximum atomic E-state index is 10.7. The third-order valence-electron chi connectivity index (χ3n) is 2.12. The van der Waals surface area contributed by atoms with E-state index in [-0.39, 0.29) is 16.1 Å². The second-order valence-electron chi connectivity index (χ2n) is 3.52. The summed E-state index contributed by atoms with van der Waals surface area (Å²) in [5, 5.41) is 19.9. The molecular formula is C10H7Cl2N3O2S. The van der Waals surface area contributed by atoms with E-state index in [2.05, 4.69) is 10.2 Å². The number of nitro benzene ring substituents is 1. The van der Waals surface area contributed by atoms with Crippen LogP contribution in [0, 0.1) is 10.1 Å². The van der Waals surface area contributed by atoms with Gasteiger partial charge >= 0.3 is 0 Å². The molecule has 8 heteroatoms. The Morgan fingerprint density at radius 1 is 1.39 bits per heavy atom. The molecular weight excluding hydrogens is 297 g/mol. The van der Waals surface area contributed by atoms with Crippen molar-refractivity contribution >= 4 is 40.2 Å². The Hall–Kier alpha value is -1.24. The first-order chi connectivity index (χ1) is 8.47. The number of hydrogen-bond donors (Lipinski definition) is 0. The fraction of sp³-hybridized carbons (Fsp3) is 0.200. The fourth-order valence-electron chi connectivity index (χ4n) is 1.32. The van der Waals surface area contributed by atoms with Gasteiger partial charge in [0.25, 0.3) is 5.69 Å². The van der Waals surface area contributed by atoms with Crippen molar-refractivity contribution < 1.29 is 4.92 Å². The summed E-state index contributed by atoms with van der Waals surface area (Å²) >= 11 is 13.0. The molecule has 0 amide bonds. The van der Waals surface area contributed by atoms with Crippen molar-refractivity contribution in [3.05, 3.63) is 38.3 Å². The Balaban J connectivity index is 2.46. The lowest BCUT2D eigenvalue weighted by Crippen LogP contribution is -1.88. The van der Waals surface area contributed by atoms with Crippen molar-refractivity contribution in [3.63, 3.8) is 0 Å². The van der Waals surface area contributed by atoms with Crippen LogP contribution in [0.25, 0.3) is 10.6 Å². The maximum absolute atomic E-state index is 10.7. The third-order valence-corrected chi connectivity index (χ3v) is 3.83. The lowest BCUT2D eigenvalue weighted by molar-refractivity contribution is -0.384. The van der Waals surface area contributed by atoms with Gasteiger partial charge in [0.1, 0.15) is 10.0 Å². The van der Waals surface area contributed by atoms with Crippen LogP contribution in [0.4, 0.5) is 5.69 Å². The molecule has 0 radical (unpaired) electrons. The first kappa shape index (κ1) is 13.2. The summed E-state index contributed by atoms with van der Waals surface area (Å²) in [6.07, 6.45) is 0. The topological polar surface area (TPSA) is 68.9 Å². The number of non-ortho nitro benzene ring substituents is 1. The van der Waals surface area contributed by atoms with Crippen molar-refractivity contribution in [3.8, 4) is 10.6 Å². The summed E-state index contributed by atoms with van der Waals surface area (Å²) in [7, 11) is 0.